The third kappa shape index (κ3) is 2.01. The maximum absolute atomic E-state index is 4.52. The highest BCUT2D eigenvalue weighted by Gasteiger charge is 2.33. The summed E-state index contributed by atoms with van der Waals surface area (Å²) in [5, 5.41) is 5.49. The zero-order chi connectivity index (χ0) is 9.31. The highest BCUT2D eigenvalue weighted by atomic mass is 32.2. The number of amidine groups is 1. The van der Waals surface area contributed by atoms with E-state index < -0.39 is 0 Å². The van der Waals surface area contributed by atoms with Gasteiger partial charge in [0.25, 0.3) is 0 Å². The van der Waals surface area contributed by atoms with Crippen molar-refractivity contribution in [3.8, 4) is 0 Å². The Balaban J connectivity index is 1.83. The number of hydrogen-bond donors (Lipinski definition) is 1. The van der Waals surface area contributed by atoms with Gasteiger partial charge in [-0.3, -0.25) is 4.99 Å². The summed E-state index contributed by atoms with van der Waals surface area (Å²) in [6.45, 7) is 5.56. The standard InChI is InChI=1S/C10H18N2S/c1-3-8-7-11-9(13-8)12-10(2)5-4-6-10/h8H,3-7H2,1-2H3,(H,11,12). The van der Waals surface area contributed by atoms with Crippen molar-refractivity contribution in [3.05, 3.63) is 0 Å². The summed E-state index contributed by atoms with van der Waals surface area (Å²) >= 11 is 1.93. The largest absolute Gasteiger partial charge is 0.360 e. The second-order valence-electron chi connectivity index (χ2n) is 4.33. The Morgan fingerprint density at radius 1 is 1.62 bits per heavy atom. The molecule has 0 spiro atoms. The molecule has 0 aromatic rings. The van der Waals surface area contributed by atoms with Crippen molar-refractivity contribution in [3.63, 3.8) is 0 Å². The normalized spacial score (nSPS) is 30.9. The van der Waals surface area contributed by atoms with Crippen LogP contribution in [0, 0.1) is 0 Å². The Kier molecular flexibility index (Phi) is 2.54. The second-order valence-corrected chi connectivity index (χ2v) is 5.62. The van der Waals surface area contributed by atoms with E-state index in [0.29, 0.717) is 5.54 Å². The lowest BCUT2D eigenvalue weighted by Crippen LogP contribution is -2.49. The van der Waals surface area contributed by atoms with Crippen molar-refractivity contribution >= 4 is 16.9 Å². The van der Waals surface area contributed by atoms with Crippen LogP contribution in [0.15, 0.2) is 4.99 Å². The van der Waals surface area contributed by atoms with E-state index in [9.17, 15) is 0 Å². The molecule has 2 rings (SSSR count). The average molecular weight is 198 g/mol. The van der Waals surface area contributed by atoms with E-state index in [1.165, 1.54) is 30.9 Å². The van der Waals surface area contributed by atoms with Gasteiger partial charge < -0.3 is 5.32 Å². The van der Waals surface area contributed by atoms with Gasteiger partial charge in [-0.2, -0.15) is 0 Å². The zero-order valence-electron chi connectivity index (χ0n) is 8.47. The predicted octanol–water partition coefficient (Wildman–Crippen LogP) is 2.40. The van der Waals surface area contributed by atoms with Crippen LogP contribution in [0.5, 0.6) is 0 Å². The van der Waals surface area contributed by atoms with E-state index in [-0.39, 0.29) is 0 Å². The van der Waals surface area contributed by atoms with Crippen LogP contribution in [0.25, 0.3) is 0 Å². The maximum Gasteiger partial charge on any atom is 0.157 e. The SMILES string of the molecule is CCC1CN=C(NC2(C)CCC2)S1. The molecule has 0 aromatic heterocycles. The Labute approximate surface area is 84.6 Å². The first-order valence-corrected chi connectivity index (χ1v) is 6.09. The maximum atomic E-state index is 4.52. The molecule has 2 aliphatic rings. The Bertz CT molecular complexity index is 221. The van der Waals surface area contributed by atoms with Gasteiger partial charge in [0, 0.05) is 10.8 Å². The fourth-order valence-electron chi connectivity index (χ4n) is 1.79. The van der Waals surface area contributed by atoms with Crippen molar-refractivity contribution in [1.82, 2.24) is 5.32 Å². The summed E-state index contributed by atoms with van der Waals surface area (Å²) in [4.78, 5) is 4.52. The first-order chi connectivity index (χ1) is 6.22. The minimum Gasteiger partial charge on any atom is -0.360 e. The average Bonchev–Trinajstić information content (AvgIpc) is 2.49. The zero-order valence-corrected chi connectivity index (χ0v) is 9.28. The third-order valence-corrected chi connectivity index (χ3v) is 4.31. The van der Waals surface area contributed by atoms with Crippen molar-refractivity contribution in [2.45, 2.75) is 50.3 Å². The number of aliphatic imine (C=N–C) groups is 1. The highest BCUT2D eigenvalue weighted by Crippen LogP contribution is 2.33. The predicted molar refractivity (Wildman–Crippen MR) is 59.4 cm³/mol. The van der Waals surface area contributed by atoms with Crippen LogP contribution in [-0.4, -0.2) is 22.5 Å². The highest BCUT2D eigenvalue weighted by molar-refractivity contribution is 8.14. The number of thioether (sulfide) groups is 1. The summed E-state index contributed by atoms with van der Waals surface area (Å²) in [6.07, 6.45) is 5.22. The molecule has 0 bridgehead atoms. The quantitative estimate of drug-likeness (QED) is 0.737. The van der Waals surface area contributed by atoms with Crippen molar-refractivity contribution < 1.29 is 0 Å². The molecular weight excluding hydrogens is 180 g/mol. The molecule has 0 amide bonds. The smallest absolute Gasteiger partial charge is 0.157 e. The van der Waals surface area contributed by atoms with Crippen LogP contribution >= 0.6 is 11.8 Å². The number of rotatable bonds is 2. The van der Waals surface area contributed by atoms with E-state index in [1.807, 2.05) is 11.8 Å². The van der Waals surface area contributed by atoms with Crippen LogP contribution in [0.1, 0.15) is 39.5 Å². The molecule has 3 heteroatoms. The lowest BCUT2D eigenvalue weighted by molar-refractivity contribution is 0.245. The van der Waals surface area contributed by atoms with E-state index in [1.54, 1.807) is 0 Å². The Morgan fingerprint density at radius 2 is 2.38 bits per heavy atom. The summed E-state index contributed by atoms with van der Waals surface area (Å²) in [5.74, 6) is 0. The monoisotopic (exact) mass is 198 g/mol. The van der Waals surface area contributed by atoms with Crippen molar-refractivity contribution in [1.29, 1.82) is 0 Å². The van der Waals surface area contributed by atoms with Crippen LogP contribution in [0.4, 0.5) is 0 Å². The second kappa shape index (κ2) is 3.52. The molecule has 1 heterocycles. The molecule has 1 fully saturated rings. The molecule has 2 nitrogen and oxygen atoms in total. The minimum absolute atomic E-state index is 0.370. The van der Waals surface area contributed by atoms with Gasteiger partial charge in [0.2, 0.25) is 0 Å². The first-order valence-electron chi connectivity index (χ1n) is 5.21. The molecule has 1 aliphatic heterocycles. The van der Waals surface area contributed by atoms with Crippen LogP contribution in [-0.2, 0) is 0 Å². The van der Waals surface area contributed by atoms with E-state index >= 15 is 0 Å². The lowest BCUT2D eigenvalue weighted by Gasteiger charge is -2.39. The fraction of sp³-hybridized carbons (Fsp3) is 0.900. The van der Waals surface area contributed by atoms with Gasteiger partial charge in [0.15, 0.2) is 5.17 Å². The minimum atomic E-state index is 0.370. The molecule has 0 radical (unpaired) electrons. The van der Waals surface area contributed by atoms with Gasteiger partial charge in [-0.15, -0.1) is 0 Å². The Morgan fingerprint density at radius 3 is 2.85 bits per heavy atom. The molecular formula is C10H18N2S. The van der Waals surface area contributed by atoms with Gasteiger partial charge in [-0.1, -0.05) is 18.7 Å². The molecule has 1 saturated carbocycles. The van der Waals surface area contributed by atoms with E-state index in [2.05, 4.69) is 24.2 Å². The van der Waals surface area contributed by atoms with Gasteiger partial charge in [0.1, 0.15) is 0 Å². The number of nitrogens with one attached hydrogen (secondary N) is 1. The van der Waals surface area contributed by atoms with Gasteiger partial charge >= 0.3 is 0 Å². The van der Waals surface area contributed by atoms with Crippen molar-refractivity contribution in [2.75, 3.05) is 6.54 Å². The molecule has 0 aromatic carbocycles. The topological polar surface area (TPSA) is 24.4 Å². The third-order valence-electron chi connectivity index (χ3n) is 3.04. The van der Waals surface area contributed by atoms with E-state index in [4.69, 9.17) is 0 Å². The van der Waals surface area contributed by atoms with Gasteiger partial charge in [-0.05, 0) is 32.6 Å². The molecule has 13 heavy (non-hydrogen) atoms. The van der Waals surface area contributed by atoms with Crippen LogP contribution < -0.4 is 5.32 Å². The molecule has 1 unspecified atom stereocenters. The molecule has 1 N–H and O–H groups in total. The summed E-state index contributed by atoms with van der Waals surface area (Å²) in [6, 6.07) is 0. The van der Waals surface area contributed by atoms with Gasteiger partial charge in [0.05, 0.1) is 6.54 Å². The molecule has 0 saturated heterocycles. The summed E-state index contributed by atoms with van der Waals surface area (Å²) in [7, 11) is 0. The van der Waals surface area contributed by atoms with Crippen molar-refractivity contribution in [2.24, 2.45) is 4.99 Å². The Hall–Kier alpha value is -0.180. The van der Waals surface area contributed by atoms with Gasteiger partial charge in [-0.25, -0.2) is 0 Å². The first kappa shape index (κ1) is 9.38. The molecule has 1 aliphatic carbocycles. The summed E-state index contributed by atoms with van der Waals surface area (Å²) in [5.41, 5.74) is 0.370. The van der Waals surface area contributed by atoms with E-state index in [0.717, 1.165) is 11.8 Å². The number of hydrogen-bond acceptors (Lipinski definition) is 3. The lowest BCUT2D eigenvalue weighted by atomic mass is 9.79. The molecule has 74 valence electrons. The van der Waals surface area contributed by atoms with Crippen LogP contribution in [0.3, 0.4) is 0 Å². The number of nitrogens with zero attached hydrogens (tertiary/aromatic N) is 1. The van der Waals surface area contributed by atoms with Crippen LogP contribution in [0.2, 0.25) is 0 Å². The summed E-state index contributed by atoms with van der Waals surface area (Å²) < 4.78 is 0. The molecule has 1 atom stereocenters. The fourth-order valence-corrected chi connectivity index (χ4v) is 2.87.